The number of aliphatic hydroxyl groups excluding tert-OH is 1. The number of aliphatic hydroxyl groups is 1. The van der Waals surface area contributed by atoms with Crippen LogP contribution in [0.4, 0.5) is 0 Å². The van der Waals surface area contributed by atoms with Gasteiger partial charge in [0.25, 0.3) is 0 Å². The summed E-state index contributed by atoms with van der Waals surface area (Å²) in [7, 11) is 0. The molecule has 100 valence electrons. The van der Waals surface area contributed by atoms with Crippen LogP contribution in [0, 0.1) is 0 Å². The quantitative estimate of drug-likeness (QED) is 0.740. The number of hydrogen-bond donors (Lipinski definition) is 1. The van der Waals surface area contributed by atoms with Crippen LogP contribution >= 0.6 is 0 Å². The van der Waals surface area contributed by atoms with E-state index in [1.165, 1.54) is 11.1 Å². The molecule has 0 spiro atoms. The smallest absolute Gasteiger partial charge is 0.0580 e. The summed E-state index contributed by atoms with van der Waals surface area (Å²) in [6.07, 6.45) is 4.80. The van der Waals surface area contributed by atoms with Gasteiger partial charge in [0.1, 0.15) is 0 Å². The molecular weight excluding hydrogens is 232 g/mol. The molecule has 0 aliphatic carbocycles. The first-order valence-corrected chi connectivity index (χ1v) is 7.10. The van der Waals surface area contributed by atoms with E-state index < -0.39 is 0 Å². The molecule has 0 amide bonds. The molecule has 1 atom stereocenters. The molecule has 0 heterocycles. The van der Waals surface area contributed by atoms with Gasteiger partial charge in [-0.1, -0.05) is 67.1 Å². The van der Waals surface area contributed by atoms with Gasteiger partial charge in [0.05, 0.1) is 6.10 Å². The molecule has 0 aliphatic rings. The Labute approximate surface area is 115 Å². The highest BCUT2D eigenvalue weighted by molar-refractivity contribution is 5.15. The van der Waals surface area contributed by atoms with E-state index in [9.17, 15) is 5.11 Å². The van der Waals surface area contributed by atoms with Gasteiger partial charge in [-0.3, -0.25) is 0 Å². The molecule has 0 aliphatic heterocycles. The molecule has 1 unspecified atom stereocenters. The van der Waals surface area contributed by atoms with Crippen molar-refractivity contribution in [1.29, 1.82) is 0 Å². The number of benzene rings is 2. The summed E-state index contributed by atoms with van der Waals surface area (Å²) in [5, 5.41) is 10.00. The second kappa shape index (κ2) is 7.75. The van der Waals surface area contributed by atoms with Crippen LogP contribution in [0.1, 0.15) is 30.4 Å². The van der Waals surface area contributed by atoms with Gasteiger partial charge in [0, 0.05) is 0 Å². The Kier molecular flexibility index (Phi) is 5.64. The van der Waals surface area contributed by atoms with E-state index in [-0.39, 0.29) is 6.10 Å². The van der Waals surface area contributed by atoms with Crippen LogP contribution in [0.2, 0.25) is 0 Å². The topological polar surface area (TPSA) is 20.2 Å². The second-order valence-corrected chi connectivity index (χ2v) is 5.07. The maximum Gasteiger partial charge on any atom is 0.0580 e. The molecule has 1 N–H and O–H groups in total. The average Bonchev–Trinajstić information content (AvgIpc) is 2.46. The molecule has 2 aromatic rings. The predicted octanol–water partition coefficient (Wildman–Crippen LogP) is 4.00. The maximum atomic E-state index is 10.00. The Balaban J connectivity index is 1.63. The molecule has 0 saturated heterocycles. The van der Waals surface area contributed by atoms with Gasteiger partial charge in [0.2, 0.25) is 0 Å². The number of aryl methyl sites for hydroxylation is 1. The Bertz CT molecular complexity index is 450. The summed E-state index contributed by atoms with van der Waals surface area (Å²) in [6, 6.07) is 20.8. The van der Waals surface area contributed by atoms with Gasteiger partial charge >= 0.3 is 0 Å². The van der Waals surface area contributed by atoms with Crippen molar-refractivity contribution < 1.29 is 5.11 Å². The van der Waals surface area contributed by atoms with Gasteiger partial charge in [-0.25, -0.2) is 0 Å². The van der Waals surface area contributed by atoms with E-state index in [0.29, 0.717) is 0 Å². The summed E-state index contributed by atoms with van der Waals surface area (Å²) < 4.78 is 0. The van der Waals surface area contributed by atoms with Crippen LogP contribution in [0.5, 0.6) is 0 Å². The Morgan fingerprint density at radius 2 is 1.32 bits per heavy atom. The third-order valence-corrected chi connectivity index (χ3v) is 3.41. The fourth-order valence-electron chi connectivity index (χ4n) is 2.34. The molecule has 0 radical (unpaired) electrons. The Morgan fingerprint density at radius 3 is 1.95 bits per heavy atom. The zero-order chi connectivity index (χ0) is 13.3. The van der Waals surface area contributed by atoms with Crippen molar-refractivity contribution >= 4 is 0 Å². The van der Waals surface area contributed by atoms with E-state index in [0.717, 1.165) is 32.1 Å². The average molecular weight is 254 g/mol. The Hall–Kier alpha value is -1.60. The van der Waals surface area contributed by atoms with E-state index >= 15 is 0 Å². The first kappa shape index (κ1) is 13.8. The second-order valence-electron chi connectivity index (χ2n) is 5.07. The number of rotatable bonds is 7. The summed E-state index contributed by atoms with van der Waals surface area (Å²) in [5.74, 6) is 0. The van der Waals surface area contributed by atoms with Crippen molar-refractivity contribution in [2.24, 2.45) is 0 Å². The lowest BCUT2D eigenvalue weighted by molar-refractivity contribution is 0.161. The minimum absolute atomic E-state index is 0.210. The van der Waals surface area contributed by atoms with Gasteiger partial charge in [-0.2, -0.15) is 0 Å². The van der Waals surface area contributed by atoms with E-state index in [4.69, 9.17) is 0 Å². The molecule has 1 nitrogen and oxygen atoms in total. The number of hydrogen-bond acceptors (Lipinski definition) is 1. The fourth-order valence-corrected chi connectivity index (χ4v) is 2.34. The first-order valence-electron chi connectivity index (χ1n) is 7.10. The zero-order valence-electron chi connectivity index (χ0n) is 11.3. The molecule has 2 aromatic carbocycles. The number of unbranched alkanes of at least 4 members (excludes halogenated alkanes) is 1. The van der Waals surface area contributed by atoms with Crippen LogP contribution in [0.25, 0.3) is 0 Å². The van der Waals surface area contributed by atoms with Gasteiger partial charge < -0.3 is 5.11 Å². The van der Waals surface area contributed by atoms with Crippen molar-refractivity contribution in [3.8, 4) is 0 Å². The van der Waals surface area contributed by atoms with E-state index in [1.54, 1.807) is 0 Å². The molecule has 2 rings (SSSR count). The third-order valence-electron chi connectivity index (χ3n) is 3.41. The van der Waals surface area contributed by atoms with E-state index in [1.807, 2.05) is 24.3 Å². The monoisotopic (exact) mass is 254 g/mol. The van der Waals surface area contributed by atoms with Crippen LogP contribution in [-0.4, -0.2) is 11.2 Å². The molecular formula is C18H22O. The van der Waals surface area contributed by atoms with E-state index in [2.05, 4.69) is 36.4 Å². The van der Waals surface area contributed by atoms with Crippen molar-refractivity contribution in [2.75, 3.05) is 0 Å². The normalized spacial score (nSPS) is 12.3. The predicted molar refractivity (Wildman–Crippen MR) is 80.1 cm³/mol. The van der Waals surface area contributed by atoms with Crippen LogP contribution in [-0.2, 0) is 12.8 Å². The molecule has 0 saturated carbocycles. The summed E-state index contributed by atoms with van der Waals surface area (Å²) in [5.41, 5.74) is 2.61. The lowest BCUT2D eigenvalue weighted by atomic mass is 10.0. The minimum Gasteiger partial charge on any atom is -0.393 e. The van der Waals surface area contributed by atoms with Crippen molar-refractivity contribution in [3.05, 3.63) is 71.8 Å². The summed E-state index contributed by atoms with van der Waals surface area (Å²) in [6.45, 7) is 0. The van der Waals surface area contributed by atoms with Crippen molar-refractivity contribution in [3.63, 3.8) is 0 Å². The fraction of sp³-hybridized carbons (Fsp3) is 0.333. The van der Waals surface area contributed by atoms with Gasteiger partial charge in [-0.15, -0.1) is 0 Å². The molecule has 0 bridgehead atoms. The largest absolute Gasteiger partial charge is 0.393 e. The highest BCUT2D eigenvalue weighted by Gasteiger charge is 2.05. The molecule has 19 heavy (non-hydrogen) atoms. The maximum absolute atomic E-state index is 10.00. The molecule has 0 fully saturated rings. The lowest BCUT2D eigenvalue weighted by Crippen LogP contribution is -2.10. The summed E-state index contributed by atoms with van der Waals surface area (Å²) in [4.78, 5) is 0. The zero-order valence-corrected chi connectivity index (χ0v) is 11.3. The minimum atomic E-state index is -0.210. The first-order chi connectivity index (χ1) is 9.34. The lowest BCUT2D eigenvalue weighted by Gasteiger charge is -2.10. The van der Waals surface area contributed by atoms with Gasteiger partial charge in [-0.05, 0) is 36.8 Å². The third kappa shape index (κ3) is 5.27. The van der Waals surface area contributed by atoms with Gasteiger partial charge in [0.15, 0.2) is 0 Å². The molecule has 1 heteroatoms. The highest BCUT2D eigenvalue weighted by atomic mass is 16.3. The van der Waals surface area contributed by atoms with Crippen molar-refractivity contribution in [1.82, 2.24) is 0 Å². The van der Waals surface area contributed by atoms with Crippen molar-refractivity contribution in [2.45, 2.75) is 38.2 Å². The van der Waals surface area contributed by atoms with Crippen LogP contribution in [0.15, 0.2) is 60.7 Å². The SMILES string of the molecule is OC(CCCCc1ccccc1)Cc1ccccc1. The van der Waals surface area contributed by atoms with Crippen LogP contribution in [0.3, 0.4) is 0 Å². The van der Waals surface area contributed by atoms with Crippen LogP contribution < -0.4 is 0 Å². The highest BCUT2D eigenvalue weighted by Crippen LogP contribution is 2.11. The standard InChI is InChI=1S/C18H22O/c19-18(15-17-12-5-2-6-13-17)14-8-7-11-16-9-3-1-4-10-16/h1-6,9-10,12-13,18-19H,7-8,11,14-15H2. The Morgan fingerprint density at radius 1 is 0.737 bits per heavy atom. The molecule has 0 aromatic heterocycles. The summed E-state index contributed by atoms with van der Waals surface area (Å²) >= 11 is 0.